The van der Waals surface area contributed by atoms with E-state index >= 15 is 0 Å². The van der Waals surface area contributed by atoms with E-state index in [0.717, 1.165) is 50.2 Å². The fourth-order valence-corrected chi connectivity index (χ4v) is 4.57. The van der Waals surface area contributed by atoms with Crippen molar-refractivity contribution in [2.24, 2.45) is 5.92 Å². The summed E-state index contributed by atoms with van der Waals surface area (Å²) in [6.07, 6.45) is 6.03. The monoisotopic (exact) mass is 388 g/mol. The summed E-state index contributed by atoms with van der Waals surface area (Å²) in [5, 5.41) is 3.10. The largest absolute Gasteiger partial charge is 0.356 e. The number of aromatic nitrogens is 1. The van der Waals surface area contributed by atoms with Gasteiger partial charge < -0.3 is 20.1 Å². The van der Waals surface area contributed by atoms with E-state index in [-0.39, 0.29) is 11.8 Å². The first-order valence-electron chi connectivity index (χ1n) is 10.9. The molecule has 2 aliphatic heterocycles. The van der Waals surface area contributed by atoms with Crippen LogP contribution in [0.3, 0.4) is 0 Å². The van der Waals surface area contributed by atoms with Gasteiger partial charge in [0.2, 0.25) is 5.91 Å². The van der Waals surface area contributed by atoms with Gasteiger partial charge in [-0.3, -0.25) is 9.59 Å². The summed E-state index contributed by atoms with van der Waals surface area (Å²) in [4.78, 5) is 32.6. The Bertz CT molecular complexity index is 670. The van der Waals surface area contributed by atoms with Crippen molar-refractivity contribution in [1.29, 1.82) is 0 Å². The summed E-state index contributed by atoms with van der Waals surface area (Å²) in [6, 6.07) is 2.56. The van der Waals surface area contributed by atoms with Crippen molar-refractivity contribution in [2.75, 3.05) is 32.7 Å². The van der Waals surface area contributed by atoms with E-state index in [2.05, 4.69) is 22.1 Å². The molecular weight excluding hydrogens is 352 g/mol. The molecule has 2 saturated heterocycles. The first kappa shape index (κ1) is 20.9. The number of carbonyl (C=O) groups excluding carboxylic acids is 2. The third-order valence-electron chi connectivity index (χ3n) is 6.39. The van der Waals surface area contributed by atoms with Gasteiger partial charge in [0.15, 0.2) is 0 Å². The van der Waals surface area contributed by atoms with Crippen LogP contribution in [0, 0.1) is 19.8 Å². The van der Waals surface area contributed by atoms with Crippen LogP contribution in [0.2, 0.25) is 0 Å². The smallest absolute Gasteiger partial charge is 0.270 e. The normalized spacial score (nSPS) is 19.8. The van der Waals surface area contributed by atoms with Gasteiger partial charge >= 0.3 is 0 Å². The summed E-state index contributed by atoms with van der Waals surface area (Å²) >= 11 is 0. The van der Waals surface area contributed by atoms with Crippen LogP contribution >= 0.6 is 0 Å². The fraction of sp³-hybridized carbons (Fsp3) is 0.727. The van der Waals surface area contributed by atoms with Gasteiger partial charge in [0.25, 0.3) is 5.91 Å². The van der Waals surface area contributed by atoms with Crippen LogP contribution in [-0.4, -0.2) is 65.4 Å². The average molecular weight is 389 g/mol. The summed E-state index contributed by atoms with van der Waals surface area (Å²) in [5.41, 5.74) is 2.74. The molecule has 3 rings (SSSR count). The lowest BCUT2D eigenvalue weighted by atomic mass is 9.93. The lowest BCUT2D eigenvalue weighted by Gasteiger charge is -2.31. The van der Waals surface area contributed by atoms with Gasteiger partial charge in [0.05, 0.1) is 0 Å². The Morgan fingerprint density at radius 3 is 2.46 bits per heavy atom. The Morgan fingerprint density at radius 1 is 1.18 bits per heavy atom. The third kappa shape index (κ3) is 5.37. The molecule has 0 spiro atoms. The number of aromatic amines is 1. The highest BCUT2D eigenvalue weighted by molar-refractivity contribution is 5.94. The second-order valence-corrected chi connectivity index (χ2v) is 8.68. The number of amides is 2. The highest BCUT2D eigenvalue weighted by atomic mass is 16.2. The van der Waals surface area contributed by atoms with Crippen LogP contribution < -0.4 is 5.32 Å². The minimum absolute atomic E-state index is 0.0874. The van der Waals surface area contributed by atoms with Crippen LogP contribution in [0.5, 0.6) is 0 Å². The highest BCUT2D eigenvalue weighted by Gasteiger charge is 2.26. The molecule has 0 saturated carbocycles. The zero-order valence-electron chi connectivity index (χ0n) is 17.7. The molecule has 2 N–H and O–H groups in total. The summed E-state index contributed by atoms with van der Waals surface area (Å²) in [5.74, 6) is 0.630. The van der Waals surface area contributed by atoms with E-state index in [1.165, 1.54) is 25.9 Å². The first-order valence-corrected chi connectivity index (χ1v) is 10.9. The molecule has 1 unspecified atom stereocenters. The van der Waals surface area contributed by atoms with Gasteiger partial charge in [-0.05, 0) is 83.5 Å². The summed E-state index contributed by atoms with van der Waals surface area (Å²) in [6.45, 7) is 10.8. The van der Waals surface area contributed by atoms with Crippen molar-refractivity contribution in [2.45, 2.75) is 65.3 Å². The van der Waals surface area contributed by atoms with E-state index in [1.807, 2.05) is 24.8 Å². The maximum Gasteiger partial charge on any atom is 0.270 e. The number of H-pyrrole nitrogens is 1. The quantitative estimate of drug-likeness (QED) is 0.755. The minimum atomic E-state index is 0.0874. The van der Waals surface area contributed by atoms with Crippen LogP contribution in [0.1, 0.15) is 67.2 Å². The molecule has 1 atom stereocenters. The van der Waals surface area contributed by atoms with Gasteiger partial charge in [-0.15, -0.1) is 0 Å². The van der Waals surface area contributed by atoms with E-state index < -0.39 is 0 Å². The van der Waals surface area contributed by atoms with Gasteiger partial charge in [-0.1, -0.05) is 0 Å². The fourth-order valence-electron chi connectivity index (χ4n) is 4.57. The molecule has 0 aliphatic carbocycles. The molecule has 0 bridgehead atoms. The number of nitrogens with one attached hydrogen (secondary N) is 2. The molecule has 156 valence electrons. The predicted octanol–water partition coefficient (Wildman–Crippen LogP) is 2.86. The maximum absolute atomic E-state index is 12.7. The Morgan fingerprint density at radius 2 is 1.86 bits per heavy atom. The molecular formula is C22H36N4O2. The molecule has 3 heterocycles. The molecule has 2 aliphatic rings. The standard InChI is InChI=1S/C22H36N4O2/c1-16-14-17(2)24-21(16)22(28)26-12-7-19(8-13-26)15-20(27)23-9-6-18(3)25-10-4-5-11-25/h14,18-19,24H,4-13,15H2,1-3H3,(H,23,27). The van der Waals surface area contributed by atoms with Crippen LogP contribution in [-0.2, 0) is 4.79 Å². The molecule has 6 nitrogen and oxygen atoms in total. The van der Waals surface area contributed by atoms with Crippen molar-refractivity contribution in [3.8, 4) is 0 Å². The molecule has 6 heteroatoms. The number of nitrogens with zero attached hydrogens (tertiary/aromatic N) is 2. The molecule has 2 fully saturated rings. The van der Waals surface area contributed by atoms with Crippen molar-refractivity contribution in [3.63, 3.8) is 0 Å². The van der Waals surface area contributed by atoms with Crippen LogP contribution in [0.15, 0.2) is 6.07 Å². The molecule has 0 aromatic carbocycles. The Labute approximate surface area is 169 Å². The maximum atomic E-state index is 12.7. The lowest BCUT2D eigenvalue weighted by Crippen LogP contribution is -2.40. The van der Waals surface area contributed by atoms with E-state index in [9.17, 15) is 9.59 Å². The Kier molecular flexibility index (Phi) is 7.16. The number of carbonyl (C=O) groups is 2. The van der Waals surface area contributed by atoms with Crippen molar-refractivity contribution < 1.29 is 9.59 Å². The summed E-state index contributed by atoms with van der Waals surface area (Å²) < 4.78 is 0. The number of hydrogen-bond acceptors (Lipinski definition) is 3. The number of piperidine rings is 1. The van der Waals surface area contributed by atoms with Crippen molar-refractivity contribution in [1.82, 2.24) is 20.1 Å². The second kappa shape index (κ2) is 9.59. The highest BCUT2D eigenvalue weighted by Crippen LogP contribution is 2.23. The zero-order chi connectivity index (χ0) is 20.1. The van der Waals surface area contributed by atoms with Gasteiger partial charge in [0, 0.05) is 37.8 Å². The van der Waals surface area contributed by atoms with E-state index in [4.69, 9.17) is 0 Å². The third-order valence-corrected chi connectivity index (χ3v) is 6.39. The number of aryl methyl sites for hydroxylation is 2. The number of likely N-dealkylation sites (tertiary alicyclic amines) is 2. The lowest BCUT2D eigenvalue weighted by molar-refractivity contribution is -0.122. The number of hydrogen-bond donors (Lipinski definition) is 2. The molecule has 2 amide bonds. The molecule has 1 aromatic heterocycles. The van der Waals surface area contributed by atoms with Crippen molar-refractivity contribution in [3.05, 3.63) is 23.0 Å². The van der Waals surface area contributed by atoms with Crippen LogP contribution in [0.4, 0.5) is 0 Å². The minimum Gasteiger partial charge on any atom is -0.356 e. The second-order valence-electron chi connectivity index (χ2n) is 8.68. The molecule has 0 radical (unpaired) electrons. The van der Waals surface area contributed by atoms with Crippen LogP contribution in [0.25, 0.3) is 0 Å². The molecule has 1 aromatic rings. The van der Waals surface area contributed by atoms with Gasteiger partial charge in [-0.2, -0.15) is 0 Å². The SMILES string of the molecule is Cc1cc(C)c(C(=O)N2CCC(CC(=O)NCCC(C)N3CCCC3)CC2)[nH]1. The predicted molar refractivity (Wildman–Crippen MR) is 111 cm³/mol. The van der Waals surface area contributed by atoms with E-state index in [1.54, 1.807) is 0 Å². The van der Waals surface area contributed by atoms with E-state index in [0.29, 0.717) is 24.1 Å². The van der Waals surface area contributed by atoms with Gasteiger partial charge in [-0.25, -0.2) is 0 Å². The van der Waals surface area contributed by atoms with Gasteiger partial charge in [0.1, 0.15) is 5.69 Å². The zero-order valence-corrected chi connectivity index (χ0v) is 17.7. The first-order chi connectivity index (χ1) is 13.4. The number of rotatable bonds is 7. The Balaban J connectivity index is 1.35. The topological polar surface area (TPSA) is 68.4 Å². The molecule has 28 heavy (non-hydrogen) atoms. The van der Waals surface area contributed by atoms with Crippen molar-refractivity contribution >= 4 is 11.8 Å². The average Bonchev–Trinajstić information content (AvgIpc) is 3.31. The summed E-state index contributed by atoms with van der Waals surface area (Å²) in [7, 11) is 0. The Hall–Kier alpha value is -1.82.